The van der Waals surface area contributed by atoms with Crippen LogP contribution in [0, 0.1) is 17.0 Å². The molecule has 0 radical (unpaired) electrons. The van der Waals surface area contributed by atoms with Gasteiger partial charge in [0.15, 0.2) is 5.13 Å². The summed E-state index contributed by atoms with van der Waals surface area (Å²) in [4.78, 5) is 26.2. The van der Waals surface area contributed by atoms with Crippen molar-refractivity contribution in [3.8, 4) is 10.6 Å². The van der Waals surface area contributed by atoms with E-state index in [1.54, 1.807) is 13.0 Å². The van der Waals surface area contributed by atoms with E-state index in [9.17, 15) is 23.3 Å². The number of aryl methyl sites for hydroxylation is 1. The molecule has 0 saturated heterocycles. The number of sulfonamides is 1. The summed E-state index contributed by atoms with van der Waals surface area (Å²) >= 11 is 1.16. The van der Waals surface area contributed by atoms with Gasteiger partial charge in [0, 0.05) is 25.6 Å². The number of rotatable bonds is 7. The van der Waals surface area contributed by atoms with E-state index in [2.05, 4.69) is 15.0 Å². The van der Waals surface area contributed by atoms with Gasteiger partial charge in [-0.2, -0.15) is 0 Å². The maximum Gasteiger partial charge on any atom is 0.274 e. The van der Waals surface area contributed by atoms with Crippen LogP contribution in [0.15, 0.2) is 45.9 Å². The van der Waals surface area contributed by atoms with Gasteiger partial charge in [-0.25, -0.2) is 18.1 Å². The number of hydrogen-bond donors (Lipinski definition) is 2. The number of nitrogens with one attached hydrogen (secondary N) is 2. The first-order valence-electron chi connectivity index (χ1n) is 8.24. The maximum absolute atomic E-state index is 12.5. The number of nitro groups is 1. The molecule has 0 bridgehead atoms. The summed E-state index contributed by atoms with van der Waals surface area (Å²) in [5.41, 5.74) is 0.895. The van der Waals surface area contributed by atoms with Crippen molar-refractivity contribution in [2.45, 2.75) is 25.5 Å². The smallest absolute Gasteiger partial charge is 0.274 e. The number of carbonyl (C=O) groups excluding carboxylic acids is 1. The summed E-state index contributed by atoms with van der Waals surface area (Å²) in [6, 6.07) is 8.48. The third-order valence-electron chi connectivity index (χ3n) is 3.74. The Kier molecular flexibility index (Phi) is 5.77. The van der Waals surface area contributed by atoms with Crippen molar-refractivity contribution >= 4 is 38.1 Å². The van der Waals surface area contributed by atoms with Crippen LogP contribution in [0.4, 0.5) is 10.8 Å². The topological polar surface area (TPSA) is 144 Å². The number of carbonyl (C=O) groups is 1. The van der Waals surface area contributed by atoms with Gasteiger partial charge in [0.05, 0.1) is 15.5 Å². The molecule has 0 aliphatic rings. The highest BCUT2D eigenvalue weighted by Gasteiger charge is 2.21. The fraction of sp³-hybridized carbons (Fsp3) is 0.176. The maximum atomic E-state index is 12.5. The number of benzene rings is 1. The van der Waals surface area contributed by atoms with E-state index in [1.807, 2.05) is 0 Å². The van der Waals surface area contributed by atoms with Gasteiger partial charge < -0.3 is 9.73 Å². The minimum atomic E-state index is -3.98. The molecule has 3 rings (SSSR count). The fourth-order valence-corrected chi connectivity index (χ4v) is 4.37. The predicted molar refractivity (Wildman–Crippen MR) is 106 cm³/mol. The van der Waals surface area contributed by atoms with Crippen LogP contribution >= 0.6 is 11.3 Å². The fourth-order valence-electron chi connectivity index (χ4n) is 2.45. The predicted octanol–water partition coefficient (Wildman–Crippen LogP) is 3.06. The molecule has 0 unspecified atom stereocenters. The lowest BCUT2D eigenvalue weighted by Gasteiger charge is -2.04. The van der Waals surface area contributed by atoms with Gasteiger partial charge in [0.1, 0.15) is 5.76 Å². The molecule has 2 aromatic heterocycles. The number of anilines is 1. The van der Waals surface area contributed by atoms with E-state index >= 15 is 0 Å². The van der Waals surface area contributed by atoms with E-state index in [4.69, 9.17) is 4.42 Å². The van der Waals surface area contributed by atoms with Gasteiger partial charge in [-0.15, -0.1) is 0 Å². The third kappa shape index (κ3) is 4.85. The third-order valence-corrected chi connectivity index (χ3v) is 6.10. The summed E-state index contributed by atoms with van der Waals surface area (Å²) in [6.07, 6.45) is 0. The lowest BCUT2D eigenvalue weighted by atomic mass is 10.2. The quantitative estimate of drug-likeness (QED) is 0.428. The minimum absolute atomic E-state index is 0.127. The number of hydrogen-bond acceptors (Lipinski definition) is 8. The molecule has 0 aliphatic heterocycles. The molecule has 3 aromatic rings. The number of amides is 1. The van der Waals surface area contributed by atoms with Crippen molar-refractivity contribution in [3.63, 3.8) is 0 Å². The Balaban J connectivity index is 1.77. The molecule has 0 saturated carbocycles. The number of non-ortho nitro benzene ring substituents is 1. The van der Waals surface area contributed by atoms with Crippen molar-refractivity contribution < 1.29 is 22.6 Å². The largest absolute Gasteiger partial charge is 0.442 e. The molecule has 29 heavy (non-hydrogen) atoms. The zero-order valence-electron chi connectivity index (χ0n) is 15.3. The zero-order chi connectivity index (χ0) is 21.2. The van der Waals surface area contributed by atoms with Crippen molar-refractivity contribution in [1.82, 2.24) is 9.71 Å². The lowest BCUT2D eigenvalue weighted by molar-refractivity contribution is -0.384. The number of nitro benzene ring substituents is 1. The van der Waals surface area contributed by atoms with E-state index in [0.717, 1.165) is 11.3 Å². The Labute approximate surface area is 169 Å². The second kappa shape index (κ2) is 8.11. The van der Waals surface area contributed by atoms with E-state index < -0.39 is 14.9 Å². The summed E-state index contributed by atoms with van der Waals surface area (Å²) in [5, 5.41) is 13.5. The van der Waals surface area contributed by atoms with E-state index in [0.29, 0.717) is 27.0 Å². The van der Waals surface area contributed by atoms with E-state index in [1.165, 1.54) is 37.3 Å². The van der Waals surface area contributed by atoms with Crippen molar-refractivity contribution in [3.05, 3.63) is 57.8 Å². The van der Waals surface area contributed by atoms with Crippen LogP contribution in [0.25, 0.3) is 10.6 Å². The Morgan fingerprint density at radius 3 is 2.76 bits per heavy atom. The Hall–Kier alpha value is -3.09. The van der Waals surface area contributed by atoms with Gasteiger partial charge in [0.2, 0.25) is 11.0 Å². The molecule has 0 spiro atoms. The average molecular weight is 436 g/mol. The first-order chi connectivity index (χ1) is 13.7. The zero-order valence-corrected chi connectivity index (χ0v) is 17.0. The van der Waals surface area contributed by atoms with Crippen LogP contribution < -0.4 is 10.0 Å². The van der Waals surface area contributed by atoms with Gasteiger partial charge in [-0.05, 0) is 24.6 Å². The lowest BCUT2D eigenvalue weighted by Crippen LogP contribution is -2.22. The first-order valence-corrected chi connectivity index (χ1v) is 10.5. The summed E-state index contributed by atoms with van der Waals surface area (Å²) < 4.78 is 32.8. The molecule has 1 amide bonds. The highest BCUT2D eigenvalue weighted by Crippen LogP contribution is 2.34. The first kappa shape index (κ1) is 20.6. The molecule has 1 aromatic carbocycles. The number of aromatic nitrogens is 1. The van der Waals surface area contributed by atoms with Crippen molar-refractivity contribution in [2.75, 3.05) is 5.32 Å². The molecule has 0 aliphatic carbocycles. The second-order valence-electron chi connectivity index (χ2n) is 5.98. The standard InChI is InChI=1S/C17H16N4O6S2/c1-10-16(28-17(19-10)20-11(2)22)14-6-7-15(27-14)29(25,26)18-9-12-4-3-5-13(8-12)21(23)24/h3-8,18H,9H2,1-2H3,(H,19,20,22). The highest BCUT2D eigenvalue weighted by molar-refractivity contribution is 7.89. The van der Waals surface area contributed by atoms with Crippen molar-refractivity contribution in [1.29, 1.82) is 0 Å². The van der Waals surface area contributed by atoms with Gasteiger partial charge in [-0.3, -0.25) is 14.9 Å². The van der Waals surface area contributed by atoms with Gasteiger partial charge >= 0.3 is 0 Å². The van der Waals surface area contributed by atoms with Gasteiger partial charge in [0.25, 0.3) is 15.7 Å². The normalized spacial score (nSPS) is 11.4. The summed E-state index contributed by atoms with van der Waals surface area (Å²) in [7, 11) is -3.98. The van der Waals surface area contributed by atoms with E-state index in [-0.39, 0.29) is 23.2 Å². The van der Waals surface area contributed by atoms with Crippen LogP contribution in [-0.2, 0) is 21.4 Å². The van der Waals surface area contributed by atoms with Crippen molar-refractivity contribution in [2.24, 2.45) is 0 Å². The SMILES string of the molecule is CC(=O)Nc1nc(C)c(-c2ccc(S(=O)(=O)NCc3cccc([N+](=O)[O-])c3)o2)s1. The monoisotopic (exact) mass is 436 g/mol. The molecular formula is C17H16N4O6S2. The molecule has 2 N–H and O–H groups in total. The number of nitrogens with zero attached hydrogens (tertiary/aromatic N) is 2. The minimum Gasteiger partial charge on any atom is -0.442 e. The Bertz CT molecular complexity index is 1180. The highest BCUT2D eigenvalue weighted by atomic mass is 32.2. The van der Waals surface area contributed by atoms with Gasteiger partial charge in [-0.1, -0.05) is 23.5 Å². The molecule has 0 fully saturated rings. The Morgan fingerprint density at radius 2 is 2.07 bits per heavy atom. The van der Waals surface area contributed by atoms with Crippen LogP contribution in [0.2, 0.25) is 0 Å². The second-order valence-corrected chi connectivity index (χ2v) is 8.68. The number of thiazole rings is 1. The Morgan fingerprint density at radius 1 is 1.31 bits per heavy atom. The molecule has 12 heteroatoms. The number of furan rings is 1. The van der Waals surface area contributed by atoms with Crippen LogP contribution in [0.3, 0.4) is 0 Å². The summed E-state index contributed by atoms with van der Waals surface area (Å²) in [6.45, 7) is 2.95. The molecule has 152 valence electrons. The molecule has 2 heterocycles. The molecule has 10 nitrogen and oxygen atoms in total. The van der Waals surface area contributed by atoms with Crippen LogP contribution in [0.1, 0.15) is 18.2 Å². The molecule has 0 atom stereocenters. The average Bonchev–Trinajstić information content (AvgIpc) is 3.27. The molecular weight excluding hydrogens is 420 g/mol. The summed E-state index contributed by atoms with van der Waals surface area (Å²) in [5.74, 6) is 0.0330. The van der Waals surface area contributed by atoms with Crippen LogP contribution in [-0.4, -0.2) is 24.2 Å². The van der Waals surface area contributed by atoms with Crippen LogP contribution in [0.5, 0.6) is 0 Å².